The summed E-state index contributed by atoms with van der Waals surface area (Å²) in [6.07, 6.45) is 0.757. The number of anilines is 6. The third-order valence-electron chi connectivity index (χ3n) is 9.29. The Morgan fingerprint density at radius 2 is 1.03 bits per heavy atom. The van der Waals surface area contributed by atoms with Gasteiger partial charge in [-0.25, -0.2) is 28.8 Å². The van der Waals surface area contributed by atoms with Crippen LogP contribution in [0.25, 0.3) is 0 Å². The smallest absolute Gasteiger partial charge is 0.340 e. The highest BCUT2D eigenvalue weighted by molar-refractivity contribution is 7.18. The Morgan fingerprint density at radius 1 is 0.565 bits per heavy atom. The third-order valence-corrected chi connectivity index (χ3v) is 15.4. The molecule has 0 saturated heterocycles. The van der Waals surface area contributed by atoms with E-state index in [1.54, 1.807) is 18.2 Å². The highest BCUT2D eigenvalue weighted by atomic mass is 32.1. The van der Waals surface area contributed by atoms with Crippen molar-refractivity contribution in [2.45, 2.75) is 92.9 Å². The van der Waals surface area contributed by atoms with Gasteiger partial charge in [-0.1, -0.05) is 84.4 Å². The van der Waals surface area contributed by atoms with Gasteiger partial charge in [0.15, 0.2) is 0 Å². The van der Waals surface area contributed by atoms with Gasteiger partial charge in [0.05, 0.1) is 43.0 Å². The second kappa shape index (κ2) is 25.4. The zero-order valence-electron chi connectivity index (χ0n) is 40.7. The number of aromatic nitrogens is 2. The maximum atomic E-state index is 12.2. The Bertz CT molecular complexity index is 2730. The SMILES string of the molecule is CCc1nnc(NC(=O)Nc2sc(C(C)(C)C)cc2C(=O)OC)s1.COC(=O)c1cc(C(C)C)sc1NC(=O)Nc1ccc(C)cc1.COC(=O)c1cc(C(C)C)sc1NC(=O)Nc1ccc(C)s1. The first-order valence-corrected chi connectivity index (χ1v) is 25.5. The first kappa shape index (κ1) is 55.4. The maximum Gasteiger partial charge on any atom is 0.340 e. The van der Waals surface area contributed by atoms with Crippen molar-refractivity contribution in [2.24, 2.45) is 0 Å². The number of urea groups is 3. The Hall–Kier alpha value is -6.20. The summed E-state index contributed by atoms with van der Waals surface area (Å²) in [5.74, 6) is -0.864. The average Bonchev–Trinajstić information content (AvgIpc) is 4.16. The summed E-state index contributed by atoms with van der Waals surface area (Å²) in [6.45, 7) is 20.2. The molecule has 0 aliphatic rings. The monoisotopic (exact) mass is 1040 g/mol. The number of benzene rings is 1. The predicted octanol–water partition coefficient (Wildman–Crippen LogP) is 13.2. The minimum atomic E-state index is -0.485. The van der Waals surface area contributed by atoms with E-state index < -0.39 is 30.0 Å². The van der Waals surface area contributed by atoms with Crippen molar-refractivity contribution in [1.82, 2.24) is 10.2 Å². The molecule has 5 heterocycles. The lowest BCUT2D eigenvalue weighted by Gasteiger charge is -2.15. The molecule has 0 fully saturated rings. The number of hydrogen-bond acceptors (Lipinski definition) is 16. The number of aryl methyl sites for hydroxylation is 3. The summed E-state index contributed by atoms with van der Waals surface area (Å²) in [6, 6.07) is 15.3. The van der Waals surface area contributed by atoms with Gasteiger partial charge in [-0.3, -0.25) is 26.6 Å². The van der Waals surface area contributed by atoms with Crippen molar-refractivity contribution in [3.8, 4) is 0 Å². The van der Waals surface area contributed by atoms with Crippen LogP contribution in [0, 0.1) is 13.8 Å². The Kier molecular flexibility index (Phi) is 20.4. The van der Waals surface area contributed by atoms with Crippen LogP contribution < -0.4 is 31.9 Å². The molecule has 0 saturated carbocycles. The molecule has 0 aliphatic heterocycles. The molecular weight excluding hydrogens is 981 g/mol. The van der Waals surface area contributed by atoms with Gasteiger partial charge in [0.2, 0.25) is 5.13 Å². The Labute approximate surface area is 421 Å². The van der Waals surface area contributed by atoms with Gasteiger partial charge >= 0.3 is 36.0 Å². The molecule has 0 bridgehead atoms. The molecule has 6 aromatic rings. The highest BCUT2D eigenvalue weighted by Crippen LogP contribution is 2.37. The number of esters is 3. The van der Waals surface area contributed by atoms with E-state index in [4.69, 9.17) is 14.2 Å². The van der Waals surface area contributed by atoms with Crippen LogP contribution in [0.15, 0.2) is 54.6 Å². The number of hydrogen-bond donors (Lipinski definition) is 6. The lowest BCUT2D eigenvalue weighted by molar-refractivity contribution is 0.0593. The Morgan fingerprint density at radius 3 is 1.45 bits per heavy atom. The fourth-order valence-electron chi connectivity index (χ4n) is 5.54. The predicted molar refractivity (Wildman–Crippen MR) is 281 cm³/mol. The summed E-state index contributed by atoms with van der Waals surface area (Å²) < 4.78 is 14.3. The summed E-state index contributed by atoms with van der Waals surface area (Å²) in [5, 5.41) is 27.6. The lowest BCUT2D eigenvalue weighted by atomic mass is 9.94. The molecule has 0 spiro atoms. The maximum absolute atomic E-state index is 12.2. The molecule has 17 nitrogen and oxygen atoms in total. The minimum Gasteiger partial charge on any atom is -0.465 e. The molecule has 0 radical (unpaired) electrons. The van der Waals surface area contributed by atoms with Gasteiger partial charge in [0.1, 0.15) is 20.0 Å². The van der Waals surface area contributed by atoms with Gasteiger partial charge in [0, 0.05) is 25.2 Å². The molecule has 0 atom stereocenters. The molecule has 0 aliphatic carbocycles. The van der Waals surface area contributed by atoms with Crippen LogP contribution in [0.2, 0.25) is 0 Å². The first-order chi connectivity index (χ1) is 32.5. The van der Waals surface area contributed by atoms with Gasteiger partial charge in [0.25, 0.3) is 0 Å². The number of carbonyl (C=O) groups is 6. The fraction of sp³-hybridized carbons (Fsp3) is 0.362. The molecule has 6 N–H and O–H groups in total. The number of nitrogens with zero attached hydrogens (tertiary/aromatic N) is 2. The number of methoxy groups -OCH3 is 3. The molecular formula is C47H58N8O9S5. The second-order valence-corrected chi connectivity index (χ2v) is 22.1. The van der Waals surface area contributed by atoms with Gasteiger partial charge in [-0.15, -0.1) is 55.5 Å². The molecule has 1 aromatic carbocycles. The van der Waals surface area contributed by atoms with Crippen molar-refractivity contribution in [2.75, 3.05) is 53.2 Å². The van der Waals surface area contributed by atoms with Crippen LogP contribution in [0.4, 0.5) is 45.2 Å². The van der Waals surface area contributed by atoms with Crippen LogP contribution in [-0.4, -0.2) is 67.5 Å². The first-order valence-electron chi connectivity index (χ1n) is 21.4. The summed E-state index contributed by atoms with van der Waals surface area (Å²) in [7, 11) is 3.96. The van der Waals surface area contributed by atoms with Crippen LogP contribution in [-0.2, 0) is 26.0 Å². The van der Waals surface area contributed by atoms with Crippen LogP contribution >= 0.6 is 56.7 Å². The van der Waals surface area contributed by atoms with Crippen LogP contribution in [0.1, 0.15) is 128 Å². The van der Waals surface area contributed by atoms with Crippen molar-refractivity contribution >= 4 is 124 Å². The van der Waals surface area contributed by atoms with E-state index in [1.165, 1.54) is 78.0 Å². The number of amides is 6. The largest absolute Gasteiger partial charge is 0.465 e. The van der Waals surface area contributed by atoms with Crippen molar-refractivity contribution in [1.29, 1.82) is 0 Å². The molecule has 6 amide bonds. The summed E-state index contributed by atoms with van der Waals surface area (Å²) >= 11 is 6.92. The second-order valence-electron chi connectivity index (χ2n) is 16.5. The Balaban J connectivity index is 0.000000226. The number of carbonyl (C=O) groups excluding carboxylic acids is 6. The molecule has 6 rings (SSSR count). The quantitative estimate of drug-likeness (QED) is 0.0499. The molecule has 5 aromatic heterocycles. The lowest BCUT2D eigenvalue weighted by Crippen LogP contribution is -2.20. The summed E-state index contributed by atoms with van der Waals surface area (Å²) in [5.41, 5.74) is 2.76. The number of rotatable bonds is 12. The van der Waals surface area contributed by atoms with E-state index in [0.717, 1.165) is 41.5 Å². The standard InChI is InChI=1S/C17H20N2O3S.C15H20N4O3S2.C15H18N2O3S2/c1-10(2)14-9-13(16(20)22-4)15(23-14)19-17(21)18-12-7-5-11(3)6-8-12;1-6-10-18-19-14(24-10)17-13(21)16-11-8(12(20)22-5)7-9(23-11)15(2,3)4;1-8(2)11-7-10(14(18)20-4)13(22-11)17-15(19)16-12-6-5-9(3)21-12/h5-10H,1-4H3,(H2,18,19,21);7H,6H2,1-5H3,(H2,16,17,19,21);5-8H,1-4H3,(H2,16,17,19). The van der Waals surface area contributed by atoms with E-state index >= 15 is 0 Å². The van der Waals surface area contributed by atoms with Gasteiger partial charge < -0.3 is 19.5 Å². The van der Waals surface area contributed by atoms with Gasteiger partial charge in [-0.05, 0) is 80.0 Å². The van der Waals surface area contributed by atoms with E-state index in [-0.39, 0.29) is 23.3 Å². The average molecular weight is 1040 g/mol. The fourth-order valence-corrected chi connectivity index (χ4v) is 10.2. The molecule has 370 valence electrons. The zero-order valence-corrected chi connectivity index (χ0v) is 44.8. The van der Waals surface area contributed by atoms with Crippen molar-refractivity contribution in [3.63, 3.8) is 0 Å². The van der Waals surface area contributed by atoms with Crippen molar-refractivity contribution in [3.05, 3.63) is 101 Å². The number of thiophene rings is 4. The summed E-state index contributed by atoms with van der Waals surface area (Å²) in [4.78, 5) is 76.1. The molecule has 69 heavy (non-hydrogen) atoms. The van der Waals surface area contributed by atoms with Crippen LogP contribution in [0.5, 0.6) is 0 Å². The minimum absolute atomic E-state index is 0.140. The zero-order chi connectivity index (χ0) is 51.2. The number of nitrogens with one attached hydrogen (secondary N) is 6. The topological polar surface area (TPSA) is 228 Å². The van der Waals surface area contributed by atoms with E-state index in [0.29, 0.717) is 42.5 Å². The number of ether oxygens (including phenoxy) is 3. The van der Waals surface area contributed by atoms with E-state index in [1.807, 2.05) is 106 Å². The van der Waals surface area contributed by atoms with E-state index in [2.05, 4.69) is 42.1 Å². The molecule has 22 heteroatoms. The normalized spacial score (nSPS) is 10.8. The molecule has 0 unspecified atom stereocenters. The van der Waals surface area contributed by atoms with E-state index in [9.17, 15) is 28.8 Å². The van der Waals surface area contributed by atoms with Gasteiger partial charge in [-0.2, -0.15) is 0 Å². The third kappa shape index (κ3) is 16.5. The van der Waals surface area contributed by atoms with Crippen molar-refractivity contribution < 1.29 is 43.0 Å². The highest BCUT2D eigenvalue weighted by Gasteiger charge is 2.25. The van der Waals surface area contributed by atoms with Crippen LogP contribution in [0.3, 0.4) is 0 Å².